The molecule has 0 bridgehead atoms. The Balaban J connectivity index is 2.08. The summed E-state index contributed by atoms with van der Waals surface area (Å²) in [5, 5.41) is 11.5. The van der Waals surface area contributed by atoms with Gasteiger partial charge < -0.3 is 5.73 Å². The predicted molar refractivity (Wildman–Crippen MR) is 80.6 cm³/mol. The third-order valence-corrected chi connectivity index (χ3v) is 5.79. The highest BCUT2D eigenvalue weighted by Crippen LogP contribution is 2.33. The van der Waals surface area contributed by atoms with E-state index < -0.39 is 9.84 Å². The fraction of sp³-hybridized carbons (Fsp3) is 0.538. The van der Waals surface area contributed by atoms with E-state index in [9.17, 15) is 8.42 Å². The van der Waals surface area contributed by atoms with Crippen LogP contribution in [0.4, 0.5) is 5.82 Å². The van der Waals surface area contributed by atoms with Crippen molar-refractivity contribution in [3.05, 3.63) is 17.5 Å². The molecule has 7 nitrogen and oxygen atoms in total. The van der Waals surface area contributed by atoms with E-state index in [1.165, 1.54) is 0 Å². The van der Waals surface area contributed by atoms with Gasteiger partial charge in [-0.1, -0.05) is 6.92 Å². The Morgan fingerprint density at radius 1 is 1.52 bits per heavy atom. The highest BCUT2D eigenvalue weighted by Gasteiger charge is 2.32. The Labute approximate surface area is 123 Å². The molecule has 21 heavy (non-hydrogen) atoms. The zero-order valence-corrected chi connectivity index (χ0v) is 12.9. The Morgan fingerprint density at radius 2 is 2.29 bits per heavy atom. The van der Waals surface area contributed by atoms with Crippen molar-refractivity contribution in [1.82, 2.24) is 20.0 Å². The highest BCUT2D eigenvalue weighted by atomic mass is 32.2. The standard InChI is InChI=1S/C13H19N5O2S/c1-3-10-12(11-6-15-16-8(11)2)17-18(13(10)14)9-4-5-21(19,20)7-9/h6,9H,3-5,7,14H2,1-2H3,(H,15,16). The smallest absolute Gasteiger partial charge is 0.152 e. The fourth-order valence-electron chi connectivity index (χ4n) is 2.88. The lowest BCUT2D eigenvalue weighted by atomic mass is 10.1. The first-order valence-corrected chi connectivity index (χ1v) is 8.82. The number of nitrogens with zero attached hydrogens (tertiary/aromatic N) is 3. The van der Waals surface area contributed by atoms with Gasteiger partial charge in [-0.15, -0.1) is 0 Å². The maximum atomic E-state index is 11.7. The van der Waals surface area contributed by atoms with Gasteiger partial charge in [-0.3, -0.25) is 5.10 Å². The van der Waals surface area contributed by atoms with E-state index in [1.807, 2.05) is 13.8 Å². The zero-order valence-electron chi connectivity index (χ0n) is 12.1. The molecule has 1 atom stereocenters. The molecule has 3 heterocycles. The quantitative estimate of drug-likeness (QED) is 0.882. The lowest BCUT2D eigenvalue weighted by Gasteiger charge is -2.10. The van der Waals surface area contributed by atoms with Gasteiger partial charge in [0.25, 0.3) is 0 Å². The van der Waals surface area contributed by atoms with Crippen LogP contribution in [0.5, 0.6) is 0 Å². The number of hydrogen-bond donors (Lipinski definition) is 2. The third kappa shape index (κ3) is 2.33. The average Bonchev–Trinajstić information content (AvgIpc) is 3.07. The van der Waals surface area contributed by atoms with Gasteiger partial charge in [0.15, 0.2) is 9.84 Å². The molecule has 2 aromatic heterocycles. The molecule has 0 saturated carbocycles. The number of anilines is 1. The fourth-order valence-corrected chi connectivity index (χ4v) is 4.57. The number of H-pyrrole nitrogens is 1. The van der Waals surface area contributed by atoms with Gasteiger partial charge in [-0.25, -0.2) is 13.1 Å². The maximum Gasteiger partial charge on any atom is 0.152 e. The van der Waals surface area contributed by atoms with E-state index in [4.69, 9.17) is 5.73 Å². The molecule has 1 unspecified atom stereocenters. The summed E-state index contributed by atoms with van der Waals surface area (Å²) < 4.78 is 25.0. The monoisotopic (exact) mass is 309 g/mol. The van der Waals surface area contributed by atoms with Crippen LogP contribution in [0.3, 0.4) is 0 Å². The summed E-state index contributed by atoms with van der Waals surface area (Å²) in [4.78, 5) is 0. The van der Waals surface area contributed by atoms with Crippen LogP contribution in [0.2, 0.25) is 0 Å². The van der Waals surface area contributed by atoms with Gasteiger partial charge in [0.05, 0.1) is 23.7 Å². The summed E-state index contributed by atoms with van der Waals surface area (Å²) in [7, 11) is -2.97. The maximum absolute atomic E-state index is 11.7. The van der Waals surface area contributed by atoms with Crippen molar-refractivity contribution < 1.29 is 8.42 Å². The first-order chi connectivity index (χ1) is 9.93. The largest absolute Gasteiger partial charge is 0.384 e. The second-order valence-corrected chi connectivity index (χ2v) is 7.70. The summed E-state index contributed by atoms with van der Waals surface area (Å²) in [5.41, 5.74) is 9.80. The van der Waals surface area contributed by atoms with Gasteiger partial charge in [0, 0.05) is 16.8 Å². The third-order valence-electron chi connectivity index (χ3n) is 4.04. The minimum Gasteiger partial charge on any atom is -0.384 e. The second-order valence-electron chi connectivity index (χ2n) is 5.48. The average molecular weight is 309 g/mol. The molecule has 2 aromatic rings. The Hall–Kier alpha value is -1.83. The number of nitrogen functional groups attached to an aromatic ring is 1. The van der Waals surface area contributed by atoms with E-state index in [2.05, 4.69) is 15.3 Å². The lowest BCUT2D eigenvalue weighted by Crippen LogP contribution is -2.15. The minimum atomic E-state index is -2.97. The molecule has 1 aliphatic rings. The number of aromatic amines is 1. The molecule has 1 fully saturated rings. The van der Waals surface area contributed by atoms with Crippen LogP contribution in [0.15, 0.2) is 6.20 Å². The molecule has 0 aromatic carbocycles. The normalized spacial score (nSPS) is 21.0. The second kappa shape index (κ2) is 4.87. The van der Waals surface area contributed by atoms with Crippen molar-refractivity contribution in [2.24, 2.45) is 0 Å². The number of sulfone groups is 1. The number of nitrogens with one attached hydrogen (secondary N) is 1. The first-order valence-electron chi connectivity index (χ1n) is 7.00. The minimum absolute atomic E-state index is 0.117. The van der Waals surface area contributed by atoms with E-state index in [0.29, 0.717) is 12.2 Å². The van der Waals surface area contributed by atoms with Gasteiger partial charge >= 0.3 is 0 Å². The van der Waals surface area contributed by atoms with E-state index in [1.54, 1.807) is 10.9 Å². The van der Waals surface area contributed by atoms with Gasteiger partial charge in [0.2, 0.25) is 0 Å². The van der Waals surface area contributed by atoms with Gasteiger partial charge in [0.1, 0.15) is 11.5 Å². The van der Waals surface area contributed by atoms with Crippen molar-refractivity contribution >= 4 is 15.7 Å². The summed E-state index contributed by atoms with van der Waals surface area (Å²) in [6, 6.07) is -0.166. The van der Waals surface area contributed by atoms with Crippen LogP contribution < -0.4 is 5.73 Å². The van der Waals surface area contributed by atoms with E-state index >= 15 is 0 Å². The summed E-state index contributed by atoms with van der Waals surface area (Å²) in [6.07, 6.45) is 3.04. The summed E-state index contributed by atoms with van der Waals surface area (Å²) in [6.45, 7) is 3.94. The van der Waals surface area contributed by atoms with Crippen molar-refractivity contribution in [3.8, 4) is 11.3 Å². The highest BCUT2D eigenvalue weighted by molar-refractivity contribution is 7.91. The summed E-state index contributed by atoms with van der Waals surface area (Å²) >= 11 is 0. The van der Waals surface area contributed by atoms with Crippen molar-refractivity contribution in [1.29, 1.82) is 0 Å². The molecule has 0 spiro atoms. The Morgan fingerprint density at radius 3 is 2.81 bits per heavy atom. The van der Waals surface area contributed by atoms with Crippen molar-refractivity contribution in [2.45, 2.75) is 32.7 Å². The Bertz CT molecular complexity index is 775. The predicted octanol–water partition coefficient (Wildman–Crippen LogP) is 1.09. The van der Waals surface area contributed by atoms with Crippen LogP contribution in [-0.4, -0.2) is 39.9 Å². The lowest BCUT2D eigenvalue weighted by molar-refractivity contribution is 0.508. The van der Waals surface area contributed by atoms with Gasteiger partial charge in [-0.05, 0) is 19.8 Å². The molecule has 114 valence electrons. The van der Waals surface area contributed by atoms with Crippen molar-refractivity contribution in [2.75, 3.05) is 17.2 Å². The van der Waals surface area contributed by atoms with Crippen LogP contribution >= 0.6 is 0 Å². The molecule has 1 aliphatic heterocycles. The molecule has 0 amide bonds. The molecular formula is C13H19N5O2S. The zero-order chi connectivity index (χ0) is 15.2. The number of nitrogens with two attached hydrogens (primary N) is 1. The molecule has 0 radical (unpaired) electrons. The molecule has 3 rings (SSSR count). The Kier molecular flexibility index (Phi) is 3.27. The molecule has 1 saturated heterocycles. The number of hydrogen-bond acceptors (Lipinski definition) is 5. The van der Waals surface area contributed by atoms with Crippen LogP contribution in [-0.2, 0) is 16.3 Å². The molecule has 3 N–H and O–H groups in total. The van der Waals surface area contributed by atoms with E-state index in [0.717, 1.165) is 28.9 Å². The number of aromatic nitrogens is 4. The van der Waals surface area contributed by atoms with Crippen LogP contribution in [0.25, 0.3) is 11.3 Å². The number of aryl methyl sites for hydroxylation is 1. The SMILES string of the molecule is CCc1c(-c2cn[nH]c2C)nn(C2CCS(=O)(=O)C2)c1N. The van der Waals surface area contributed by atoms with E-state index in [-0.39, 0.29) is 17.5 Å². The van der Waals surface area contributed by atoms with Crippen molar-refractivity contribution in [3.63, 3.8) is 0 Å². The molecule has 0 aliphatic carbocycles. The summed E-state index contributed by atoms with van der Waals surface area (Å²) in [5.74, 6) is 0.889. The first kappa shape index (κ1) is 14.1. The van der Waals surface area contributed by atoms with Gasteiger partial charge in [-0.2, -0.15) is 10.2 Å². The molecule has 8 heteroatoms. The molecular weight excluding hydrogens is 290 g/mol. The topological polar surface area (TPSA) is 107 Å². The van der Waals surface area contributed by atoms with Crippen LogP contribution in [0.1, 0.15) is 30.6 Å². The van der Waals surface area contributed by atoms with Crippen LogP contribution in [0, 0.1) is 6.92 Å². The number of rotatable bonds is 3.